The van der Waals surface area contributed by atoms with Crippen LogP contribution < -0.4 is 10.1 Å². The first-order valence-electron chi connectivity index (χ1n) is 7.11. The molecule has 0 bridgehead atoms. The monoisotopic (exact) mass is 304 g/mol. The Morgan fingerprint density at radius 2 is 2.29 bits per heavy atom. The summed E-state index contributed by atoms with van der Waals surface area (Å²) >= 11 is 1.63. The molecule has 0 spiro atoms. The maximum absolute atomic E-state index is 12.1. The molecule has 112 valence electrons. The molecule has 21 heavy (non-hydrogen) atoms. The van der Waals surface area contributed by atoms with Crippen molar-refractivity contribution in [1.82, 2.24) is 10.3 Å². The van der Waals surface area contributed by atoms with Gasteiger partial charge in [-0.2, -0.15) is 0 Å². The summed E-state index contributed by atoms with van der Waals surface area (Å²) in [6.07, 6.45) is 1.70. The van der Waals surface area contributed by atoms with Gasteiger partial charge in [0.25, 0.3) is 5.91 Å². The zero-order valence-corrected chi connectivity index (χ0v) is 13.2. The summed E-state index contributed by atoms with van der Waals surface area (Å²) in [7, 11) is 0. The second kappa shape index (κ2) is 7.78. The molecule has 0 radical (unpaired) electrons. The summed E-state index contributed by atoms with van der Waals surface area (Å²) in [6.45, 7) is 5.28. The molecular weight excluding hydrogens is 284 g/mol. The first kappa shape index (κ1) is 15.5. The number of benzene rings is 1. The summed E-state index contributed by atoms with van der Waals surface area (Å²) in [6, 6.07) is 7.27. The average Bonchev–Trinajstić information content (AvgIpc) is 2.91. The molecule has 0 aliphatic carbocycles. The molecule has 1 N–H and O–H groups in total. The van der Waals surface area contributed by atoms with Crippen LogP contribution in [0.2, 0.25) is 0 Å². The minimum Gasteiger partial charge on any atom is -0.494 e. The number of ether oxygens (including phenoxy) is 1. The lowest BCUT2D eigenvalue weighted by Gasteiger charge is -2.07. The standard InChI is InChI=1S/C16H20N2O2S/c1-3-9-20-15-6-4-5-13(10-15)16(19)17-8-7-14-11-21-12(2)18-14/h4-6,10-11H,3,7-9H2,1-2H3,(H,17,19). The van der Waals surface area contributed by atoms with E-state index in [0.717, 1.165) is 29.3 Å². The Hall–Kier alpha value is -1.88. The van der Waals surface area contributed by atoms with Gasteiger partial charge in [0.05, 0.1) is 17.3 Å². The lowest BCUT2D eigenvalue weighted by atomic mass is 10.2. The molecule has 0 atom stereocenters. The van der Waals surface area contributed by atoms with Gasteiger partial charge in [-0.15, -0.1) is 11.3 Å². The highest BCUT2D eigenvalue weighted by Crippen LogP contribution is 2.13. The van der Waals surface area contributed by atoms with Gasteiger partial charge in [0.15, 0.2) is 0 Å². The lowest BCUT2D eigenvalue weighted by molar-refractivity contribution is 0.0953. The minimum absolute atomic E-state index is 0.0797. The molecule has 1 heterocycles. The van der Waals surface area contributed by atoms with Crippen LogP contribution in [-0.2, 0) is 6.42 Å². The number of hydrogen-bond acceptors (Lipinski definition) is 4. The van der Waals surface area contributed by atoms with Crippen LogP contribution in [0.15, 0.2) is 29.6 Å². The number of aromatic nitrogens is 1. The maximum Gasteiger partial charge on any atom is 0.251 e. The Morgan fingerprint density at radius 3 is 3.00 bits per heavy atom. The van der Waals surface area contributed by atoms with Gasteiger partial charge in [-0.1, -0.05) is 13.0 Å². The Labute approximate surface area is 129 Å². The Morgan fingerprint density at radius 1 is 1.43 bits per heavy atom. The second-order valence-corrected chi connectivity index (χ2v) is 5.80. The van der Waals surface area contributed by atoms with E-state index >= 15 is 0 Å². The van der Waals surface area contributed by atoms with Crippen LogP contribution in [0.3, 0.4) is 0 Å². The van der Waals surface area contributed by atoms with Gasteiger partial charge in [0, 0.05) is 23.9 Å². The van der Waals surface area contributed by atoms with Crippen molar-refractivity contribution in [1.29, 1.82) is 0 Å². The van der Waals surface area contributed by atoms with Gasteiger partial charge in [-0.3, -0.25) is 4.79 Å². The van der Waals surface area contributed by atoms with E-state index < -0.39 is 0 Å². The van der Waals surface area contributed by atoms with Crippen molar-refractivity contribution < 1.29 is 9.53 Å². The molecule has 0 saturated heterocycles. The van der Waals surface area contributed by atoms with Gasteiger partial charge in [0.2, 0.25) is 0 Å². The predicted molar refractivity (Wildman–Crippen MR) is 85.1 cm³/mol. The molecule has 0 saturated carbocycles. The highest BCUT2D eigenvalue weighted by Gasteiger charge is 2.07. The van der Waals surface area contributed by atoms with Crippen molar-refractivity contribution in [3.63, 3.8) is 0 Å². The summed E-state index contributed by atoms with van der Waals surface area (Å²) in [5, 5.41) is 5.99. The van der Waals surface area contributed by atoms with Crippen LogP contribution >= 0.6 is 11.3 Å². The summed E-state index contributed by atoms with van der Waals surface area (Å²) in [5.74, 6) is 0.656. The lowest BCUT2D eigenvalue weighted by Crippen LogP contribution is -2.25. The molecule has 1 aromatic heterocycles. The first-order chi connectivity index (χ1) is 10.2. The highest BCUT2D eigenvalue weighted by atomic mass is 32.1. The average molecular weight is 304 g/mol. The van der Waals surface area contributed by atoms with E-state index in [0.29, 0.717) is 18.7 Å². The Balaban J connectivity index is 1.85. The smallest absolute Gasteiger partial charge is 0.251 e. The molecule has 1 amide bonds. The molecule has 4 nitrogen and oxygen atoms in total. The third kappa shape index (κ3) is 4.86. The number of aryl methyl sites for hydroxylation is 1. The van der Waals surface area contributed by atoms with Crippen molar-refractivity contribution in [2.24, 2.45) is 0 Å². The van der Waals surface area contributed by atoms with Crippen molar-refractivity contribution in [3.05, 3.63) is 45.9 Å². The van der Waals surface area contributed by atoms with Crippen LogP contribution in [0, 0.1) is 6.92 Å². The van der Waals surface area contributed by atoms with Crippen LogP contribution in [-0.4, -0.2) is 24.0 Å². The molecule has 0 aliphatic heterocycles. The number of carbonyl (C=O) groups excluding carboxylic acids is 1. The van der Waals surface area contributed by atoms with E-state index in [1.165, 1.54) is 0 Å². The topological polar surface area (TPSA) is 51.2 Å². The van der Waals surface area contributed by atoms with E-state index in [1.807, 2.05) is 24.4 Å². The fourth-order valence-corrected chi connectivity index (χ4v) is 2.52. The minimum atomic E-state index is -0.0797. The second-order valence-electron chi connectivity index (χ2n) is 4.74. The van der Waals surface area contributed by atoms with E-state index in [4.69, 9.17) is 4.74 Å². The predicted octanol–water partition coefficient (Wildman–Crippen LogP) is 3.21. The zero-order valence-electron chi connectivity index (χ0n) is 12.4. The van der Waals surface area contributed by atoms with Crippen LogP contribution in [0.25, 0.3) is 0 Å². The van der Waals surface area contributed by atoms with Crippen LogP contribution in [0.1, 0.15) is 34.4 Å². The van der Waals surface area contributed by atoms with Crippen LogP contribution in [0.4, 0.5) is 0 Å². The molecule has 0 aliphatic rings. The van der Waals surface area contributed by atoms with Gasteiger partial charge in [-0.05, 0) is 31.5 Å². The number of nitrogens with zero attached hydrogens (tertiary/aromatic N) is 1. The third-order valence-corrected chi connectivity index (χ3v) is 3.72. The SMILES string of the molecule is CCCOc1cccc(C(=O)NCCc2csc(C)n2)c1. The molecular formula is C16H20N2O2S. The fourth-order valence-electron chi connectivity index (χ4n) is 1.88. The highest BCUT2D eigenvalue weighted by molar-refractivity contribution is 7.09. The third-order valence-electron chi connectivity index (χ3n) is 2.90. The van der Waals surface area contributed by atoms with Crippen molar-refractivity contribution in [2.75, 3.05) is 13.2 Å². The summed E-state index contributed by atoms with van der Waals surface area (Å²) in [5.41, 5.74) is 1.65. The van der Waals surface area contributed by atoms with Crippen molar-refractivity contribution in [3.8, 4) is 5.75 Å². The van der Waals surface area contributed by atoms with Crippen LogP contribution in [0.5, 0.6) is 5.75 Å². The number of rotatable bonds is 7. The van der Waals surface area contributed by atoms with E-state index in [-0.39, 0.29) is 5.91 Å². The van der Waals surface area contributed by atoms with Crippen molar-refractivity contribution >= 4 is 17.2 Å². The van der Waals surface area contributed by atoms with Crippen molar-refractivity contribution in [2.45, 2.75) is 26.7 Å². The Bertz CT molecular complexity index is 595. The molecule has 2 rings (SSSR count). The number of amides is 1. The first-order valence-corrected chi connectivity index (χ1v) is 7.99. The van der Waals surface area contributed by atoms with E-state index in [9.17, 15) is 4.79 Å². The van der Waals surface area contributed by atoms with E-state index in [1.54, 1.807) is 23.5 Å². The number of nitrogens with one attached hydrogen (secondary N) is 1. The molecule has 5 heteroatoms. The Kier molecular flexibility index (Phi) is 5.75. The number of hydrogen-bond donors (Lipinski definition) is 1. The normalized spacial score (nSPS) is 10.4. The quantitative estimate of drug-likeness (QED) is 0.854. The molecule has 0 fully saturated rings. The van der Waals surface area contributed by atoms with Gasteiger partial charge in [0.1, 0.15) is 5.75 Å². The largest absolute Gasteiger partial charge is 0.494 e. The number of carbonyl (C=O) groups is 1. The maximum atomic E-state index is 12.1. The van der Waals surface area contributed by atoms with Gasteiger partial charge in [-0.25, -0.2) is 4.98 Å². The summed E-state index contributed by atoms with van der Waals surface area (Å²) in [4.78, 5) is 16.5. The van der Waals surface area contributed by atoms with Gasteiger partial charge < -0.3 is 10.1 Å². The molecule has 1 aromatic carbocycles. The zero-order chi connectivity index (χ0) is 15.1. The number of thiazole rings is 1. The van der Waals surface area contributed by atoms with E-state index in [2.05, 4.69) is 17.2 Å². The van der Waals surface area contributed by atoms with Gasteiger partial charge >= 0.3 is 0 Å². The molecule has 2 aromatic rings. The molecule has 0 unspecified atom stereocenters. The fraction of sp³-hybridized carbons (Fsp3) is 0.375. The summed E-state index contributed by atoms with van der Waals surface area (Å²) < 4.78 is 5.53.